The van der Waals surface area contributed by atoms with Crippen molar-refractivity contribution < 1.29 is 14.6 Å². The first-order valence-electron chi connectivity index (χ1n) is 4.12. The summed E-state index contributed by atoms with van der Waals surface area (Å²) in [5.74, 6) is 0.549. The molecular weight excluding hydrogens is 200 g/mol. The molecule has 0 aromatic heterocycles. The van der Waals surface area contributed by atoms with Gasteiger partial charge in [-0.1, -0.05) is 18.2 Å². The summed E-state index contributed by atoms with van der Waals surface area (Å²) in [6, 6.07) is 9.68. The van der Waals surface area contributed by atoms with Crippen molar-refractivity contribution in [1.29, 1.82) is 0 Å². The highest BCUT2D eigenvalue weighted by Crippen LogP contribution is 2.05. The summed E-state index contributed by atoms with van der Waals surface area (Å²) < 4.78 is 4.91. The van der Waals surface area contributed by atoms with Gasteiger partial charge in [-0.3, -0.25) is 4.79 Å². The van der Waals surface area contributed by atoms with Gasteiger partial charge in [0.1, 0.15) is 5.75 Å². The first-order valence-corrected chi connectivity index (χ1v) is 4.75. The Morgan fingerprint density at radius 3 is 2.21 bits per heavy atom. The molecular formula is C10H14O3S. The minimum absolute atomic E-state index is 0.156. The van der Waals surface area contributed by atoms with Crippen LogP contribution in [0.15, 0.2) is 30.3 Å². The van der Waals surface area contributed by atoms with E-state index in [-0.39, 0.29) is 6.42 Å². The van der Waals surface area contributed by atoms with Crippen LogP contribution in [-0.4, -0.2) is 23.9 Å². The van der Waals surface area contributed by atoms with Gasteiger partial charge in [0.05, 0.1) is 13.5 Å². The second-order valence-corrected chi connectivity index (χ2v) is 2.83. The van der Waals surface area contributed by atoms with Gasteiger partial charge in [0.2, 0.25) is 0 Å². The second-order valence-electron chi connectivity index (χ2n) is 2.38. The molecule has 0 aliphatic rings. The van der Waals surface area contributed by atoms with E-state index in [9.17, 15) is 4.79 Å². The van der Waals surface area contributed by atoms with E-state index in [1.165, 1.54) is 0 Å². The molecule has 0 radical (unpaired) electrons. The molecule has 78 valence electrons. The van der Waals surface area contributed by atoms with Crippen molar-refractivity contribution in [3.05, 3.63) is 30.3 Å². The lowest BCUT2D eigenvalue weighted by molar-refractivity contribution is -0.136. The minimum atomic E-state index is -0.787. The molecule has 0 spiro atoms. The summed E-state index contributed by atoms with van der Waals surface area (Å²) in [5.41, 5.74) is 0. The number of methoxy groups -OCH3 is 1. The van der Waals surface area contributed by atoms with Crippen LogP contribution in [0.5, 0.6) is 5.75 Å². The Hall–Kier alpha value is -1.16. The highest BCUT2D eigenvalue weighted by molar-refractivity contribution is 7.80. The Morgan fingerprint density at radius 2 is 2.00 bits per heavy atom. The smallest absolute Gasteiger partial charge is 0.304 e. The van der Waals surface area contributed by atoms with Gasteiger partial charge in [-0.15, -0.1) is 0 Å². The van der Waals surface area contributed by atoms with Gasteiger partial charge >= 0.3 is 5.97 Å². The topological polar surface area (TPSA) is 46.5 Å². The van der Waals surface area contributed by atoms with E-state index >= 15 is 0 Å². The van der Waals surface area contributed by atoms with Gasteiger partial charge in [0, 0.05) is 5.75 Å². The maximum atomic E-state index is 9.55. The molecule has 0 heterocycles. The fourth-order valence-electron chi connectivity index (χ4n) is 0.652. The third kappa shape index (κ3) is 7.49. The monoisotopic (exact) mass is 214 g/mol. The zero-order chi connectivity index (χ0) is 10.8. The number of hydrogen-bond acceptors (Lipinski definition) is 3. The molecule has 14 heavy (non-hydrogen) atoms. The third-order valence-electron chi connectivity index (χ3n) is 1.30. The maximum absolute atomic E-state index is 9.55. The van der Waals surface area contributed by atoms with Crippen molar-refractivity contribution >= 4 is 18.6 Å². The Bertz CT molecular complexity index is 249. The molecule has 0 unspecified atom stereocenters. The molecule has 0 bridgehead atoms. The Balaban J connectivity index is 0.000000255. The van der Waals surface area contributed by atoms with E-state index < -0.39 is 5.97 Å². The predicted octanol–water partition coefficient (Wildman–Crippen LogP) is 2.09. The minimum Gasteiger partial charge on any atom is -0.497 e. The van der Waals surface area contributed by atoms with Crippen LogP contribution in [0.25, 0.3) is 0 Å². The van der Waals surface area contributed by atoms with Gasteiger partial charge in [-0.05, 0) is 12.1 Å². The van der Waals surface area contributed by atoms with E-state index in [1.54, 1.807) is 7.11 Å². The first kappa shape index (κ1) is 12.8. The number of ether oxygens (including phenoxy) is 1. The van der Waals surface area contributed by atoms with Crippen molar-refractivity contribution in [3.8, 4) is 5.75 Å². The Labute approximate surface area is 89.1 Å². The number of aliphatic carboxylic acids is 1. The van der Waals surface area contributed by atoms with Gasteiger partial charge in [0.25, 0.3) is 0 Å². The predicted molar refractivity (Wildman–Crippen MR) is 59.1 cm³/mol. The zero-order valence-corrected chi connectivity index (χ0v) is 8.91. The Morgan fingerprint density at radius 1 is 1.43 bits per heavy atom. The quantitative estimate of drug-likeness (QED) is 0.757. The molecule has 4 heteroatoms. The Kier molecular flexibility index (Phi) is 7.74. The molecule has 0 saturated carbocycles. The molecule has 1 aromatic carbocycles. The molecule has 0 amide bonds. The van der Waals surface area contributed by atoms with E-state index in [2.05, 4.69) is 12.6 Å². The van der Waals surface area contributed by atoms with Crippen molar-refractivity contribution in [2.24, 2.45) is 0 Å². The van der Waals surface area contributed by atoms with Crippen LogP contribution in [0.4, 0.5) is 0 Å². The number of carbonyl (C=O) groups is 1. The average molecular weight is 214 g/mol. The van der Waals surface area contributed by atoms with Crippen LogP contribution in [0.1, 0.15) is 6.42 Å². The number of thiol groups is 1. The van der Waals surface area contributed by atoms with E-state index in [4.69, 9.17) is 9.84 Å². The summed E-state index contributed by atoms with van der Waals surface area (Å²) in [6.45, 7) is 0. The summed E-state index contributed by atoms with van der Waals surface area (Å²) in [4.78, 5) is 9.55. The van der Waals surface area contributed by atoms with Crippen molar-refractivity contribution in [3.63, 3.8) is 0 Å². The van der Waals surface area contributed by atoms with E-state index in [0.717, 1.165) is 5.75 Å². The fraction of sp³-hybridized carbons (Fsp3) is 0.300. The summed E-state index contributed by atoms with van der Waals surface area (Å²) in [6.07, 6.45) is 0.156. The second kappa shape index (κ2) is 8.44. The normalized spacial score (nSPS) is 8.43. The summed E-state index contributed by atoms with van der Waals surface area (Å²) in [5, 5.41) is 7.86. The number of carboxylic acid groups (broad SMARTS) is 1. The summed E-state index contributed by atoms with van der Waals surface area (Å²) in [7, 11) is 1.66. The lowest BCUT2D eigenvalue weighted by atomic mass is 10.3. The van der Waals surface area contributed by atoms with E-state index in [0.29, 0.717) is 5.75 Å². The van der Waals surface area contributed by atoms with Crippen LogP contribution >= 0.6 is 12.6 Å². The number of hydrogen-bond donors (Lipinski definition) is 2. The highest BCUT2D eigenvalue weighted by Gasteiger charge is 1.88. The molecule has 0 aliphatic heterocycles. The number of rotatable bonds is 3. The van der Waals surface area contributed by atoms with Crippen LogP contribution in [0.2, 0.25) is 0 Å². The van der Waals surface area contributed by atoms with Crippen molar-refractivity contribution in [2.45, 2.75) is 6.42 Å². The highest BCUT2D eigenvalue weighted by atomic mass is 32.1. The molecule has 0 atom stereocenters. The van der Waals surface area contributed by atoms with Crippen LogP contribution in [0.3, 0.4) is 0 Å². The lowest BCUT2D eigenvalue weighted by Gasteiger charge is -1.93. The van der Waals surface area contributed by atoms with Gasteiger partial charge in [0.15, 0.2) is 0 Å². The third-order valence-corrected chi connectivity index (χ3v) is 1.53. The largest absolute Gasteiger partial charge is 0.497 e. The first-order chi connectivity index (χ1) is 6.70. The van der Waals surface area contributed by atoms with Gasteiger partial charge < -0.3 is 9.84 Å². The molecule has 3 nitrogen and oxygen atoms in total. The maximum Gasteiger partial charge on any atom is 0.304 e. The van der Waals surface area contributed by atoms with E-state index in [1.807, 2.05) is 30.3 Å². The van der Waals surface area contributed by atoms with Gasteiger partial charge in [-0.25, -0.2) is 0 Å². The van der Waals surface area contributed by atoms with Crippen LogP contribution in [0, 0.1) is 0 Å². The molecule has 1 N–H and O–H groups in total. The molecule has 1 rings (SSSR count). The lowest BCUT2D eigenvalue weighted by Crippen LogP contribution is -1.93. The number of benzene rings is 1. The SMILES string of the molecule is COc1ccccc1.O=C(O)CCS. The molecule has 0 fully saturated rings. The number of carboxylic acids is 1. The molecule has 0 saturated heterocycles. The molecule has 0 aliphatic carbocycles. The zero-order valence-electron chi connectivity index (χ0n) is 8.01. The standard InChI is InChI=1S/C7H8O.C3H6O2S/c1-8-7-5-3-2-4-6-7;4-3(5)1-2-6/h2-6H,1H3;6H,1-2H2,(H,4,5). The van der Waals surface area contributed by atoms with Crippen molar-refractivity contribution in [1.82, 2.24) is 0 Å². The molecule has 1 aromatic rings. The average Bonchev–Trinajstić information content (AvgIpc) is 2.20. The fourth-order valence-corrected chi connectivity index (χ4v) is 0.844. The summed E-state index contributed by atoms with van der Waals surface area (Å²) >= 11 is 3.68. The number of para-hydroxylation sites is 1. The van der Waals surface area contributed by atoms with Crippen LogP contribution < -0.4 is 4.74 Å². The van der Waals surface area contributed by atoms with Gasteiger partial charge in [-0.2, -0.15) is 12.6 Å². The van der Waals surface area contributed by atoms with Crippen LogP contribution in [-0.2, 0) is 4.79 Å². The van der Waals surface area contributed by atoms with Crippen molar-refractivity contribution in [2.75, 3.05) is 12.9 Å².